The van der Waals surface area contributed by atoms with Crippen LogP contribution in [-0.2, 0) is 6.54 Å². The highest BCUT2D eigenvalue weighted by Gasteiger charge is 2.28. The van der Waals surface area contributed by atoms with E-state index in [2.05, 4.69) is 12.0 Å². The minimum absolute atomic E-state index is 0.180. The minimum atomic E-state index is -0.243. The number of ketones is 1. The number of nitrogens with one attached hydrogen (secondary N) is 1. The number of aromatic nitrogens is 2. The Morgan fingerprint density at radius 3 is 2.58 bits per heavy atom. The average Bonchev–Trinajstić information content (AvgIpc) is 3.15. The zero-order valence-electron chi connectivity index (χ0n) is 14.1. The van der Waals surface area contributed by atoms with E-state index in [1.54, 1.807) is 0 Å². The molecule has 0 saturated carbocycles. The van der Waals surface area contributed by atoms with Crippen molar-refractivity contribution in [2.24, 2.45) is 0 Å². The number of hydrogen-bond donors (Lipinski definition) is 1. The third kappa shape index (κ3) is 2.84. The Labute approximate surface area is 143 Å². The quantitative estimate of drug-likeness (QED) is 0.860. The number of carbonyl (C=O) groups is 1. The zero-order valence-corrected chi connectivity index (χ0v) is 15.0. The van der Waals surface area contributed by atoms with Crippen LogP contribution < -0.4 is 5.56 Å². The maximum Gasteiger partial charge on any atom is 0.277 e. The lowest BCUT2D eigenvalue weighted by Gasteiger charge is -2.14. The van der Waals surface area contributed by atoms with Gasteiger partial charge in [-0.05, 0) is 49.4 Å². The SMILES string of the molecule is CCn1[nH]cc(C(=O)c2cc(C)c3c(c2C)C(C)CS3)c1=O.O=O. The predicted molar refractivity (Wildman–Crippen MR) is 95.9 cm³/mol. The Balaban J connectivity index is 0.00000100. The highest BCUT2D eigenvalue weighted by atomic mass is 32.2. The second-order valence-electron chi connectivity index (χ2n) is 5.89. The molecule has 0 amide bonds. The van der Waals surface area contributed by atoms with E-state index >= 15 is 0 Å². The maximum absolute atomic E-state index is 12.8. The molecule has 0 spiro atoms. The number of rotatable bonds is 3. The molecule has 0 radical (unpaired) electrons. The van der Waals surface area contributed by atoms with Gasteiger partial charge in [0.25, 0.3) is 5.56 Å². The van der Waals surface area contributed by atoms with Crippen molar-refractivity contribution in [1.82, 2.24) is 9.78 Å². The van der Waals surface area contributed by atoms with E-state index in [-0.39, 0.29) is 16.9 Å². The monoisotopic (exact) mass is 348 g/mol. The molecule has 0 bridgehead atoms. The van der Waals surface area contributed by atoms with Crippen LogP contribution >= 0.6 is 11.8 Å². The number of H-pyrrole nitrogens is 1. The summed E-state index contributed by atoms with van der Waals surface area (Å²) in [5, 5.41) is 2.85. The Kier molecular flexibility index (Phi) is 5.43. The molecule has 1 unspecified atom stereocenters. The van der Waals surface area contributed by atoms with Gasteiger partial charge in [-0.25, -0.2) is 0 Å². The zero-order chi connectivity index (χ0) is 18.0. The fourth-order valence-corrected chi connectivity index (χ4v) is 4.56. The van der Waals surface area contributed by atoms with Crippen molar-refractivity contribution in [3.8, 4) is 0 Å². The first-order chi connectivity index (χ1) is 11.5. The van der Waals surface area contributed by atoms with E-state index in [4.69, 9.17) is 9.93 Å². The van der Waals surface area contributed by atoms with Crippen LogP contribution in [0.15, 0.2) is 22.0 Å². The van der Waals surface area contributed by atoms with Crippen molar-refractivity contribution < 1.29 is 4.79 Å². The van der Waals surface area contributed by atoms with Gasteiger partial charge >= 0.3 is 0 Å². The van der Waals surface area contributed by atoms with Crippen molar-refractivity contribution in [3.05, 3.63) is 60.4 Å². The number of thioether (sulfide) groups is 1. The number of carbonyl (C=O) groups excluding carboxylic acids is 1. The van der Waals surface area contributed by atoms with E-state index in [0.29, 0.717) is 18.0 Å². The molecule has 6 nitrogen and oxygen atoms in total. The van der Waals surface area contributed by atoms with Crippen LogP contribution in [0.4, 0.5) is 0 Å². The highest BCUT2D eigenvalue weighted by Crippen LogP contribution is 2.44. The Bertz CT molecular complexity index is 838. The average molecular weight is 348 g/mol. The van der Waals surface area contributed by atoms with Crippen LogP contribution in [-0.4, -0.2) is 21.3 Å². The number of nitrogens with zero attached hydrogens (tertiary/aromatic N) is 1. The summed E-state index contributed by atoms with van der Waals surface area (Å²) < 4.78 is 1.45. The number of aromatic amines is 1. The van der Waals surface area contributed by atoms with Crippen molar-refractivity contribution in [2.45, 2.75) is 45.1 Å². The summed E-state index contributed by atoms with van der Waals surface area (Å²) in [4.78, 5) is 40.4. The molecule has 7 heteroatoms. The molecule has 1 aliphatic heterocycles. The summed E-state index contributed by atoms with van der Waals surface area (Å²) in [7, 11) is 0. The number of fused-ring (bicyclic) bond motifs is 1. The fourth-order valence-electron chi connectivity index (χ4n) is 3.18. The van der Waals surface area contributed by atoms with Crippen LogP contribution in [0.25, 0.3) is 0 Å². The predicted octanol–water partition coefficient (Wildman–Crippen LogP) is 3.32. The largest absolute Gasteiger partial charge is 0.302 e. The van der Waals surface area contributed by atoms with E-state index in [1.165, 1.54) is 21.3 Å². The van der Waals surface area contributed by atoms with E-state index in [1.807, 2.05) is 38.6 Å². The second-order valence-corrected chi connectivity index (χ2v) is 6.92. The molecule has 0 aliphatic carbocycles. The van der Waals surface area contributed by atoms with Crippen LogP contribution in [0, 0.1) is 23.8 Å². The molecule has 0 saturated heterocycles. The maximum atomic E-state index is 12.8. The molecule has 3 rings (SSSR count). The van der Waals surface area contributed by atoms with Crippen LogP contribution in [0.3, 0.4) is 0 Å². The van der Waals surface area contributed by atoms with Gasteiger partial charge in [0.05, 0.1) is 0 Å². The van der Waals surface area contributed by atoms with Gasteiger partial charge in [-0.3, -0.25) is 14.3 Å². The molecule has 2 aromatic rings. The summed E-state index contributed by atoms with van der Waals surface area (Å²) in [6.07, 6.45) is 1.52. The first-order valence-corrected chi connectivity index (χ1v) is 8.70. The second kappa shape index (κ2) is 7.17. The Morgan fingerprint density at radius 2 is 2.00 bits per heavy atom. The third-order valence-electron chi connectivity index (χ3n) is 4.39. The van der Waals surface area contributed by atoms with Crippen LogP contribution in [0.1, 0.15) is 52.4 Å². The molecular formula is C17H20N2O4S. The van der Waals surface area contributed by atoms with E-state index in [9.17, 15) is 9.59 Å². The van der Waals surface area contributed by atoms with Crippen molar-refractivity contribution in [2.75, 3.05) is 5.75 Å². The molecule has 1 aromatic heterocycles. The number of hydrogen-bond acceptors (Lipinski definition) is 5. The topological polar surface area (TPSA) is 89.0 Å². The number of aryl methyl sites for hydroxylation is 2. The lowest BCUT2D eigenvalue weighted by atomic mass is 9.89. The van der Waals surface area contributed by atoms with Gasteiger partial charge in [-0.2, -0.15) is 0 Å². The molecule has 1 aromatic carbocycles. The summed E-state index contributed by atoms with van der Waals surface area (Å²) in [6.45, 7) is 8.64. The summed E-state index contributed by atoms with van der Waals surface area (Å²) >= 11 is 1.86. The Hall–Kier alpha value is -2.15. The van der Waals surface area contributed by atoms with Gasteiger partial charge in [0, 0.05) is 38.9 Å². The highest BCUT2D eigenvalue weighted by molar-refractivity contribution is 7.99. The molecular weight excluding hydrogens is 328 g/mol. The van der Waals surface area contributed by atoms with Gasteiger partial charge in [-0.1, -0.05) is 6.92 Å². The van der Waals surface area contributed by atoms with Crippen molar-refractivity contribution in [3.63, 3.8) is 0 Å². The fraction of sp³-hybridized carbons (Fsp3) is 0.412. The molecule has 1 N–H and O–H groups in total. The van der Waals surface area contributed by atoms with Gasteiger partial charge in [0.2, 0.25) is 0 Å². The van der Waals surface area contributed by atoms with Crippen LogP contribution in [0.2, 0.25) is 0 Å². The van der Waals surface area contributed by atoms with Gasteiger partial charge in [-0.15, -0.1) is 11.8 Å². The Morgan fingerprint density at radius 1 is 1.33 bits per heavy atom. The molecule has 0 fully saturated rings. The van der Waals surface area contributed by atoms with Gasteiger partial charge in [0.15, 0.2) is 5.78 Å². The molecule has 2 heterocycles. The summed E-state index contributed by atoms with van der Waals surface area (Å²) in [6, 6.07) is 1.93. The van der Waals surface area contributed by atoms with E-state index in [0.717, 1.165) is 16.9 Å². The molecule has 128 valence electrons. The molecule has 24 heavy (non-hydrogen) atoms. The van der Waals surface area contributed by atoms with Crippen LogP contribution in [0.5, 0.6) is 0 Å². The molecule has 1 aliphatic rings. The summed E-state index contributed by atoms with van der Waals surface area (Å²) in [5.74, 6) is 1.33. The lowest BCUT2D eigenvalue weighted by Crippen LogP contribution is -2.21. The summed E-state index contributed by atoms with van der Waals surface area (Å²) in [5.41, 5.74) is 4.07. The third-order valence-corrected chi connectivity index (χ3v) is 5.89. The normalized spacial score (nSPS) is 15.6. The van der Waals surface area contributed by atoms with E-state index < -0.39 is 0 Å². The minimum Gasteiger partial charge on any atom is -0.302 e. The standard InChI is InChI=1S/C17H20N2O2S.O2/c1-5-19-17(21)13(7-18-19)15(20)12-6-9(2)16-14(11(12)4)10(3)8-22-16;1-2/h6-7,10,18H,5,8H2,1-4H3;. The van der Waals surface area contributed by atoms with Gasteiger partial charge < -0.3 is 5.10 Å². The smallest absolute Gasteiger partial charge is 0.277 e. The molecule has 1 atom stereocenters. The lowest BCUT2D eigenvalue weighted by molar-refractivity contribution is 0.103. The first kappa shape index (κ1) is 18.2. The first-order valence-electron chi connectivity index (χ1n) is 7.72. The van der Waals surface area contributed by atoms with Crippen molar-refractivity contribution >= 4 is 17.5 Å². The van der Waals surface area contributed by atoms with Gasteiger partial charge in [0.1, 0.15) is 5.56 Å². The number of benzene rings is 1. The van der Waals surface area contributed by atoms with Crippen molar-refractivity contribution in [1.29, 1.82) is 0 Å².